The highest BCUT2D eigenvalue weighted by atomic mass is 16.5. The first kappa shape index (κ1) is 18.6. The van der Waals surface area contributed by atoms with Gasteiger partial charge in [-0.3, -0.25) is 0 Å². The molecule has 0 heterocycles. The van der Waals surface area contributed by atoms with Gasteiger partial charge in [0, 0.05) is 16.5 Å². The van der Waals surface area contributed by atoms with Gasteiger partial charge in [-0.2, -0.15) is 0 Å². The van der Waals surface area contributed by atoms with E-state index in [2.05, 4.69) is 33.8 Å². The number of hydrogen-bond acceptors (Lipinski definition) is 3. The van der Waals surface area contributed by atoms with E-state index in [1.54, 1.807) is 14.2 Å². The number of benzene rings is 1. The van der Waals surface area contributed by atoms with Crippen molar-refractivity contribution in [1.29, 1.82) is 0 Å². The average Bonchev–Trinajstić information content (AvgIpc) is 2.58. The highest BCUT2D eigenvalue weighted by Crippen LogP contribution is 2.60. The lowest BCUT2D eigenvalue weighted by Crippen LogP contribution is -2.52. The van der Waals surface area contributed by atoms with Crippen LogP contribution in [0.4, 0.5) is 0 Å². The summed E-state index contributed by atoms with van der Waals surface area (Å²) < 4.78 is 11.7. The highest BCUT2D eigenvalue weighted by Gasteiger charge is 2.54. The molecule has 0 amide bonds. The quantitative estimate of drug-likeness (QED) is 0.848. The van der Waals surface area contributed by atoms with Crippen LogP contribution in [-0.4, -0.2) is 25.9 Å². The summed E-state index contributed by atoms with van der Waals surface area (Å²) in [6.07, 6.45) is 5.63. The number of aryl methyl sites for hydroxylation is 1. The molecule has 0 saturated heterocycles. The van der Waals surface area contributed by atoms with Crippen molar-refractivity contribution in [3.8, 4) is 11.5 Å². The summed E-state index contributed by atoms with van der Waals surface area (Å²) in [6.45, 7) is 9.33. The molecule has 2 aliphatic carbocycles. The fourth-order valence-electron chi connectivity index (χ4n) is 5.78. The van der Waals surface area contributed by atoms with Gasteiger partial charge in [0.2, 0.25) is 0 Å². The number of aliphatic hydroxyl groups excluding tert-OH is 1. The first-order valence-corrected chi connectivity index (χ1v) is 9.71. The van der Waals surface area contributed by atoms with Crippen molar-refractivity contribution in [3.05, 3.63) is 22.8 Å². The van der Waals surface area contributed by atoms with Gasteiger partial charge in [0.05, 0.1) is 20.8 Å². The molecular weight excluding hydrogens is 312 g/mol. The molecule has 3 heteroatoms. The zero-order chi connectivity index (χ0) is 18.4. The second-order valence-corrected chi connectivity index (χ2v) is 8.97. The number of rotatable bonds is 4. The molecule has 1 fully saturated rings. The third kappa shape index (κ3) is 2.66. The highest BCUT2D eigenvalue weighted by molar-refractivity contribution is 5.61. The molecule has 3 nitrogen and oxygen atoms in total. The SMILES string of the molecule is COc1c(C(C)C)cc2c(c1OC)[C@@]1(CO)CCCC(C)(C)[C@@H]1CC2. The first-order chi connectivity index (χ1) is 11.8. The van der Waals surface area contributed by atoms with Crippen molar-refractivity contribution in [3.63, 3.8) is 0 Å². The molecule has 140 valence electrons. The molecule has 3 rings (SSSR count). The minimum absolute atomic E-state index is 0.189. The third-order valence-corrected chi connectivity index (χ3v) is 6.91. The van der Waals surface area contributed by atoms with E-state index in [4.69, 9.17) is 9.47 Å². The lowest BCUT2D eigenvalue weighted by molar-refractivity contribution is -0.00664. The Balaban J connectivity index is 2.30. The molecule has 2 aliphatic rings. The molecule has 1 aromatic carbocycles. The van der Waals surface area contributed by atoms with Gasteiger partial charge < -0.3 is 14.6 Å². The van der Waals surface area contributed by atoms with Crippen LogP contribution in [0.2, 0.25) is 0 Å². The second-order valence-electron chi connectivity index (χ2n) is 8.97. The summed E-state index contributed by atoms with van der Waals surface area (Å²) in [5.41, 5.74) is 3.82. The summed E-state index contributed by atoms with van der Waals surface area (Å²) in [5.74, 6) is 2.57. The molecule has 0 spiro atoms. The maximum Gasteiger partial charge on any atom is 0.165 e. The number of methoxy groups -OCH3 is 2. The van der Waals surface area contributed by atoms with Crippen LogP contribution in [0.25, 0.3) is 0 Å². The molecule has 0 radical (unpaired) electrons. The van der Waals surface area contributed by atoms with Crippen LogP contribution in [0.15, 0.2) is 6.07 Å². The van der Waals surface area contributed by atoms with E-state index in [1.807, 2.05) is 0 Å². The summed E-state index contributed by atoms with van der Waals surface area (Å²) in [6, 6.07) is 2.32. The minimum Gasteiger partial charge on any atom is -0.493 e. The topological polar surface area (TPSA) is 38.7 Å². The van der Waals surface area contributed by atoms with E-state index in [9.17, 15) is 5.11 Å². The van der Waals surface area contributed by atoms with Crippen LogP contribution in [0, 0.1) is 11.3 Å². The maximum atomic E-state index is 10.6. The van der Waals surface area contributed by atoms with Crippen LogP contribution in [-0.2, 0) is 11.8 Å². The normalized spacial score (nSPS) is 27.6. The third-order valence-electron chi connectivity index (χ3n) is 6.91. The Morgan fingerprint density at radius 2 is 1.84 bits per heavy atom. The van der Waals surface area contributed by atoms with Crippen molar-refractivity contribution >= 4 is 0 Å². The van der Waals surface area contributed by atoms with Crippen LogP contribution >= 0.6 is 0 Å². The van der Waals surface area contributed by atoms with Gasteiger partial charge in [0.25, 0.3) is 0 Å². The van der Waals surface area contributed by atoms with Gasteiger partial charge in [-0.25, -0.2) is 0 Å². The molecule has 1 N–H and O–H groups in total. The summed E-state index contributed by atoms with van der Waals surface area (Å²) in [7, 11) is 3.47. The van der Waals surface area contributed by atoms with Crippen LogP contribution in [0.1, 0.15) is 76.0 Å². The van der Waals surface area contributed by atoms with Crippen LogP contribution in [0.3, 0.4) is 0 Å². The zero-order valence-corrected chi connectivity index (χ0v) is 16.7. The molecule has 0 aromatic heterocycles. The molecule has 0 unspecified atom stereocenters. The molecular formula is C22H34O3. The average molecular weight is 347 g/mol. The number of aliphatic hydroxyl groups is 1. The fourth-order valence-corrected chi connectivity index (χ4v) is 5.78. The number of fused-ring (bicyclic) bond motifs is 3. The van der Waals surface area contributed by atoms with Crippen molar-refractivity contribution < 1.29 is 14.6 Å². The molecule has 0 bridgehead atoms. The first-order valence-electron chi connectivity index (χ1n) is 9.71. The lowest BCUT2D eigenvalue weighted by Gasteiger charge is -2.55. The predicted octanol–water partition coefficient (Wildman–Crippen LogP) is 4.83. The molecule has 0 aliphatic heterocycles. The monoisotopic (exact) mass is 346 g/mol. The fraction of sp³-hybridized carbons (Fsp3) is 0.727. The van der Waals surface area contributed by atoms with Crippen molar-refractivity contribution in [2.75, 3.05) is 20.8 Å². The Morgan fingerprint density at radius 1 is 1.16 bits per heavy atom. The van der Waals surface area contributed by atoms with E-state index < -0.39 is 0 Å². The van der Waals surface area contributed by atoms with E-state index in [-0.39, 0.29) is 17.4 Å². The van der Waals surface area contributed by atoms with Crippen molar-refractivity contribution in [1.82, 2.24) is 0 Å². The second kappa shape index (κ2) is 6.50. The minimum atomic E-state index is -0.205. The lowest BCUT2D eigenvalue weighted by atomic mass is 9.49. The molecule has 1 saturated carbocycles. The van der Waals surface area contributed by atoms with Gasteiger partial charge >= 0.3 is 0 Å². The van der Waals surface area contributed by atoms with Gasteiger partial charge in [-0.1, -0.05) is 40.2 Å². The van der Waals surface area contributed by atoms with Crippen molar-refractivity contribution in [2.24, 2.45) is 11.3 Å². The number of hydrogen-bond donors (Lipinski definition) is 1. The smallest absolute Gasteiger partial charge is 0.165 e. The van der Waals surface area contributed by atoms with Crippen LogP contribution in [0.5, 0.6) is 11.5 Å². The van der Waals surface area contributed by atoms with Gasteiger partial charge in [-0.15, -0.1) is 0 Å². The standard InChI is InChI=1S/C22H34O3/c1-14(2)16-12-15-8-9-17-21(3,4)10-7-11-22(17,13-23)18(15)20(25-6)19(16)24-5/h12,14,17,23H,7-11,13H2,1-6H3/t17-,22+/m0/s1. The predicted molar refractivity (Wildman–Crippen MR) is 102 cm³/mol. The van der Waals surface area contributed by atoms with Gasteiger partial charge in [-0.05, 0) is 48.5 Å². The molecule has 25 heavy (non-hydrogen) atoms. The van der Waals surface area contributed by atoms with Gasteiger partial charge in [0.1, 0.15) is 0 Å². The Morgan fingerprint density at radius 3 is 2.40 bits per heavy atom. The maximum absolute atomic E-state index is 10.6. The van der Waals surface area contributed by atoms with Gasteiger partial charge in [0.15, 0.2) is 11.5 Å². The van der Waals surface area contributed by atoms with E-state index in [0.29, 0.717) is 11.8 Å². The van der Waals surface area contributed by atoms with E-state index in [1.165, 1.54) is 23.1 Å². The summed E-state index contributed by atoms with van der Waals surface area (Å²) in [5, 5.41) is 10.6. The largest absolute Gasteiger partial charge is 0.493 e. The van der Waals surface area contributed by atoms with E-state index >= 15 is 0 Å². The number of ether oxygens (including phenoxy) is 2. The summed E-state index contributed by atoms with van der Waals surface area (Å²) in [4.78, 5) is 0. The van der Waals surface area contributed by atoms with Crippen molar-refractivity contribution in [2.45, 2.75) is 71.1 Å². The Bertz CT molecular complexity index is 647. The summed E-state index contributed by atoms with van der Waals surface area (Å²) >= 11 is 0. The molecule has 1 aromatic rings. The zero-order valence-electron chi connectivity index (χ0n) is 16.7. The van der Waals surface area contributed by atoms with Crippen LogP contribution < -0.4 is 9.47 Å². The van der Waals surface area contributed by atoms with E-state index in [0.717, 1.165) is 37.2 Å². The molecule has 2 atom stereocenters. The Kier molecular flexibility index (Phi) is 4.83. The Hall–Kier alpha value is -1.22. The Labute approximate surface area is 152 Å².